The number of aromatic nitrogens is 1. The normalized spacial score (nSPS) is 10.6. The molecule has 0 aliphatic carbocycles. The number of rotatable bonds is 4. The van der Waals surface area contributed by atoms with Gasteiger partial charge in [-0.3, -0.25) is 0 Å². The van der Waals surface area contributed by atoms with Gasteiger partial charge in [0, 0.05) is 16.9 Å². The Morgan fingerprint density at radius 1 is 1.31 bits per heavy atom. The minimum Gasteiger partial charge on any atom is -0.444 e. The fourth-order valence-corrected chi connectivity index (χ4v) is 1.84. The molecule has 0 aliphatic heterocycles. The van der Waals surface area contributed by atoms with Crippen molar-refractivity contribution in [1.82, 2.24) is 4.98 Å². The number of oxazole rings is 1. The van der Waals surface area contributed by atoms with E-state index >= 15 is 0 Å². The molecule has 0 aliphatic rings. The van der Waals surface area contributed by atoms with Crippen LogP contribution in [0.15, 0.2) is 39.8 Å². The first kappa shape index (κ1) is 11.2. The molecule has 0 unspecified atom stereocenters. The highest BCUT2D eigenvalue weighted by atomic mass is 32.2. The summed E-state index contributed by atoms with van der Waals surface area (Å²) in [5.41, 5.74) is 7.37. The number of nitrogens with zero attached hydrogens (tertiary/aromatic N) is 1. The molecule has 0 spiro atoms. The van der Waals surface area contributed by atoms with Crippen molar-refractivity contribution in [3.63, 3.8) is 0 Å². The van der Waals surface area contributed by atoms with Gasteiger partial charge in [-0.15, -0.1) is 11.8 Å². The first-order chi connectivity index (χ1) is 7.83. The Kier molecular flexibility index (Phi) is 3.64. The molecule has 1 aromatic carbocycles. The monoisotopic (exact) mass is 234 g/mol. The third-order valence-corrected chi connectivity index (χ3v) is 3.03. The van der Waals surface area contributed by atoms with Gasteiger partial charge in [-0.05, 0) is 37.1 Å². The Balaban J connectivity index is 2.21. The van der Waals surface area contributed by atoms with Gasteiger partial charge < -0.3 is 10.2 Å². The number of nitrogens with two attached hydrogens (primary N) is 1. The van der Waals surface area contributed by atoms with Gasteiger partial charge in [0.1, 0.15) is 6.26 Å². The van der Waals surface area contributed by atoms with Gasteiger partial charge in [-0.1, -0.05) is 0 Å². The van der Waals surface area contributed by atoms with E-state index in [1.54, 1.807) is 18.0 Å². The number of benzene rings is 1. The maximum atomic E-state index is 5.46. The molecule has 0 amide bonds. The van der Waals surface area contributed by atoms with Crippen LogP contribution in [-0.2, 0) is 6.42 Å². The van der Waals surface area contributed by atoms with Gasteiger partial charge in [0.15, 0.2) is 0 Å². The lowest BCUT2D eigenvalue weighted by Gasteiger charge is -1.97. The zero-order valence-electron chi connectivity index (χ0n) is 9.14. The van der Waals surface area contributed by atoms with Crippen LogP contribution in [0.4, 0.5) is 0 Å². The van der Waals surface area contributed by atoms with E-state index in [9.17, 15) is 0 Å². The van der Waals surface area contributed by atoms with Crippen molar-refractivity contribution in [2.45, 2.75) is 11.3 Å². The molecule has 84 valence electrons. The van der Waals surface area contributed by atoms with Gasteiger partial charge in [0.25, 0.3) is 0 Å². The molecule has 0 bridgehead atoms. The molecular formula is C12H14N2OS. The molecule has 4 heteroatoms. The van der Waals surface area contributed by atoms with Crippen molar-refractivity contribution >= 4 is 11.8 Å². The van der Waals surface area contributed by atoms with Crippen molar-refractivity contribution in [3.05, 3.63) is 36.2 Å². The Morgan fingerprint density at radius 3 is 2.69 bits per heavy atom. The van der Waals surface area contributed by atoms with Gasteiger partial charge in [0.2, 0.25) is 5.89 Å². The summed E-state index contributed by atoms with van der Waals surface area (Å²) < 4.78 is 5.40. The highest BCUT2D eigenvalue weighted by Crippen LogP contribution is 2.22. The lowest BCUT2D eigenvalue weighted by atomic mass is 10.2. The summed E-state index contributed by atoms with van der Waals surface area (Å²) in [7, 11) is 0. The second-order valence-corrected chi connectivity index (χ2v) is 4.29. The zero-order valence-corrected chi connectivity index (χ0v) is 9.96. The summed E-state index contributed by atoms with van der Waals surface area (Å²) in [5.74, 6) is 0.663. The summed E-state index contributed by atoms with van der Waals surface area (Å²) >= 11 is 1.72. The van der Waals surface area contributed by atoms with E-state index in [2.05, 4.69) is 23.4 Å². The van der Waals surface area contributed by atoms with Gasteiger partial charge in [0.05, 0.1) is 5.69 Å². The molecule has 3 nitrogen and oxygen atoms in total. The largest absolute Gasteiger partial charge is 0.444 e. The Morgan fingerprint density at radius 2 is 2.06 bits per heavy atom. The van der Waals surface area contributed by atoms with Crippen LogP contribution in [0.5, 0.6) is 0 Å². The lowest BCUT2D eigenvalue weighted by Crippen LogP contribution is -2.02. The molecule has 2 rings (SSSR count). The van der Waals surface area contributed by atoms with Gasteiger partial charge in [-0.25, -0.2) is 4.98 Å². The van der Waals surface area contributed by atoms with Crippen LogP contribution in [0.1, 0.15) is 5.69 Å². The second-order valence-electron chi connectivity index (χ2n) is 3.41. The highest BCUT2D eigenvalue weighted by Gasteiger charge is 2.05. The summed E-state index contributed by atoms with van der Waals surface area (Å²) in [4.78, 5) is 5.61. The molecule has 2 aromatic rings. The predicted octanol–water partition coefficient (Wildman–Crippen LogP) is 2.56. The van der Waals surface area contributed by atoms with E-state index in [4.69, 9.17) is 10.2 Å². The SMILES string of the molecule is CSc1ccc(-c2nc(CCN)co2)cc1. The van der Waals surface area contributed by atoms with Crippen LogP contribution < -0.4 is 5.73 Å². The van der Waals surface area contributed by atoms with Crippen molar-refractivity contribution in [1.29, 1.82) is 0 Å². The Labute approximate surface area is 99.1 Å². The molecule has 0 fully saturated rings. The lowest BCUT2D eigenvalue weighted by molar-refractivity contribution is 0.572. The zero-order chi connectivity index (χ0) is 11.4. The molecule has 0 radical (unpaired) electrons. The van der Waals surface area contributed by atoms with Gasteiger partial charge in [-0.2, -0.15) is 0 Å². The fraction of sp³-hybridized carbons (Fsp3) is 0.250. The average molecular weight is 234 g/mol. The van der Waals surface area contributed by atoms with E-state index in [1.165, 1.54) is 4.90 Å². The van der Waals surface area contributed by atoms with Crippen molar-refractivity contribution in [2.24, 2.45) is 5.73 Å². The topological polar surface area (TPSA) is 52.0 Å². The summed E-state index contributed by atoms with van der Waals surface area (Å²) in [5, 5.41) is 0. The van der Waals surface area contributed by atoms with Crippen LogP contribution in [-0.4, -0.2) is 17.8 Å². The van der Waals surface area contributed by atoms with Gasteiger partial charge >= 0.3 is 0 Å². The Hall–Kier alpha value is -1.26. The van der Waals surface area contributed by atoms with Crippen LogP contribution in [0.25, 0.3) is 11.5 Å². The molecule has 0 atom stereocenters. The van der Waals surface area contributed by atoms with E-state index < -0.39 is 0 Å². The van der Waals surface area contributed by atoms with E-state index in [0.717, 1.165) is 17.7 Å². The van der Waals surface area contributed by atoms with E-state index in [1.807, 2.05) is 12.1 Å². The van der Waals surface area contributed by atoms with Crippen molar-refractivity contribution < 1.29 is 4.42 Å². The van der Waals surface area contributed by atoms with E-state index in [-0.39, 0.29) is 0 Å². The minimum absolute atomic E-state index is 0.595. The first-order valence-corrected chi connectivity index (χ1v) is 6.35. The maximum Gasteiger partial charge on any atom is 0.226 e. The molecule has 0 saturated heterocycles. The molecule has 1 heterocycles. The summed E-state index contributed by atoms with van der Waals surface area (Å²) in [6, 6.07) is 8.16. The average Bonchev–Trinajstić information content (AvgIpc) is 2.78. The van der Waals surface area contributed by atoms with Crippen LogP contribution >= 0.6 is 11.8 Å². The third kappa shape index (κ3) is 2.46. The van der Waals surface area contributed by atoms with Crippen LogP contribution in [0.2, 0.25) is 0 Å². The van der Waals surface area contributed by atoms with Crippen LogP contribution in [0, 0.1) is 0 Å². The van der Waals surface area contributed by atoms with Crippen molar-refractivity contribution in [2.75, 3.05) is 12.8 Å². The quantitative estimate of drug-likeness (QED) is 0.826. The maximum absolute atomic E-state index is 5.46. The summed E-state index contributed by atoms with van der Waals surface area (Å²) in [6.07, 6.45) is 4.48. The highest BCUT2D eigenvalue weighted by molar-refractivity contribution is 7.98. The fourth-order valence-electron chi connectivity index (χ4n) is 1.44. The minimum atomic E-state index is 0.595. The standard InChI is InChI=1S/C12H14N2OS/c1-16-11-4-2-9(3-5-11)12-14-10(6-7-13)8-15-12/h2-5,8H,6-7,13H2,1H3. The third-order valence-electron chi connectivity index (χ3n) is 2.29. The first-order valence-electron chi connectivity index (χ1n) is 5.12. The van der Waals surface area contributed by atoms with E-state index in [0.29, 0.717) is 12.4 Å². The number of hydrogen-bond acceptors (Lipinski definition) is 4. The number of thioether (sulfide) groups is 1. The molecule has 0 saturated carbocycles. The van der Waals surface area contributed by atoms with Crippen molar-refractivity contribution in [3.8, 4) is 11.5 Å². The molecular weight excluding hydrogens is 220 g/mol. The smallest absolute Gasteiger partial charge is 0.226 e. The number of hydrogen-bond donors (Lipinski definition) is 1. The molecule has 2 N–H and O–H groups in total. The summed E-state index contributed by atoms with van der Waals surface area (Å²) in [6.45, 7) is 0.595. The molecule has 1 aromatic heterocycles. The molecule has 16 heavy (non-hydrogen) atoms. The predicted molar refractivity (Wildman–Crippen MR) is 66.5 cm³/mol. The second kappa shape index (κ2) is 5.18. The Bertz CT molecular complexity index is 450. The van der Waals surface area contributed by atoms with Crippen LogP contribution in [0.3, 0.4) is 0 Å².